The number of hydrogen-bond acceptors (Lipinski definition) is 5. The van der Waals surface area contributed by atoms with Gasteiger partial charge in [-0.1, -0.05) is 0 Å². The van der Waals surface area contributed by atoms with E-state index in [1.54, 1.807) is 11.9 Å². The van der Waals surface area contributed by atoms with Crippen LogP contribution in [0.4, 0.5) is 0 Å². The number of hydrogen-bond donors (Lipinski definition) is 1. The Hall–Kier alpha value is -1.92. The number of nitrogens with zero attached hydrogens (tertiary/aromatic N) is 3. The summed E-state index contributed by atoms with van der Waals surface area (Å²) < 4.78 is 0. The third kappa shape index (κ3) is 1.13. The molecule has 7 nitrogen and oxygen atoms in total. The lowest BCUT2D eigenvalue weighted by Gasteiger charge is -2.22. The summed E-state index contributed by atoms with van der Waals surface area (Å²) in [7, 11) is 1.72. The maximum Gasteiger partial charge on any atom is 0.334 e. The number of nitro groups is 1. The van der Waals surface area contributed by atoms with Crippen LogP contribution in [0.25, 0.3) is 0 Å². The minimum atomic E-state index is -0.611. The van der Waals surface area contributed by atoms with Gasteiger partial charge in [-0.05, 0) is 4.92 Å². The van der Waals surface area contributed by atoms with Gasteiger partial charge in [-0.2, -0.15) is 0 Å². The first-order chi connectivity index (χ1) is 6.59. The quantitative estimate of drug-likeness (QED) is 0.428. The minimum Gasteiger partial charge on any atom is -0.358 e. The highest BCUT2D eigenvalue weighted by molar-refractivity contribution is 5.88. The van der Waals surface area contributed by atoms with Crippen molar-refractivity contribution in [3.63, 3.8) is 0 Å². The molecule has 0 aromatic carbocycles. The largest absolute Gasteiger partial charge is 0.358 e. The zero-order valence-electron chi connectivity index (χ0n) is 7.38. The number of nitrogens with one attached hydrogen (secondary N) is 1. The lowest BCUT2D eigenvalue weighted by Crippen LogP contribution is -2.48. The summed E-state index contributed by atoms with van der Waals surface area (Å²) in [4.78, 5) is 26.8. The Morgan fingerprint density at radius 2 is 2.43 bits per heavy atom. The Balaban J connectivity index is 2.33. The molecule has 2 aliphatic rings. The Kier molecular flexibility index (Phi) is 1.73. The molecule has 0 aliphatic carbocycles. The highest BCUT2D eigenvalue weighted by Crippen LogP contribution is 2.18. The van der Waals surface area contributed by atoms with Crippen molar-refractivity contribution in [1.82, 2.24) is 10.2 Å². The zero-order valence-corrected chi connectivity index (χ0v) is 7.38. The molecule has 0 saturated heterocycles. The molecule has 1 N–H and O–H groups in total. The van der Waals surface area contributed by atoms with E-state index in [4.69, 9.17) is 0 Å². The van der Waals surface area contributed by atoms with E-state index in [2.05, 4.69) is 10.3 Å². The highest BCUT2D eigenvalue weighted by atomic mass is 16.6. The number of aliphatic imine (C=N–C) groups is 1. The molecule has 0 bridgehead atoms. The molecule has 0 fully saturated rings. The van der Waals surface area contributed by atoms with Crippen molar-refractivity contribution in [1.29, 1.82) is 0 Å². The number of likely N-dealkylation sites (N-methyl/N-ethyl adjacent to an activating group) is 1. The van der Waals surface area contributed by atoms with Crippen LogP contribution < -0.4 is 5.32 Å². The minimum absolute atomic E-state index is 0.270. The predicted octanol–water partition coefficient (Wildman–Crippen LogP) is -1.05. The van der Waals surface area contributed by atoms with Crippen molar-refractivity contribution in [2.45, 2.75) is 12.1 Å². The van der Waals surface area contributed by atoms with E-state index in [0.29, 0.717) is 0 Å². The smallest absolute Gasteiger partial charge is 0.334 e. The Labute approximate surface area is 79.2 Å². The summed E-state index contributed by atoms with van der Waals surface area (Å²) in [5, 5.41) is 12.6. The van der Waals surface area contributed by atoms with Crippen LogP contribution in [0, 0.1) is 10.1 Å². The molecular formula is C7H8N4O3. The molecule has 2 heterocycles. The number of amides is 1. The molecule has 2 unspecified atom stereocenters. The van der Waals surface area contributed by atoms with Crippen LogP contribution in [-0.4, -0.2) is 41.2 Å². The normalized spacial score (nSPS) is 29.6. The van der Waals surface area contributed by atoms with Gasteiger partial charge in [-0.25, -0.2) is 10.1 Å². The molecule has 74 valence electrons. The van der Waals surface area contributed by atoms with E-state index >= 15 is 0 Å². The van der Waals surface area contributed by atoms with Crippen molar-refractivity contribution in [2.75, 3.05) is 7.05 Å². The fourth-order valence-corrected chi connectivity index (χ4v) is 1.51. The molecular weight excluding hydrogens is 188 g/mol. The molecule has 7 heteroatoms. The molecule has 0 spiro atoms. The third-order valence-electron chi connectivity index (χ3n) is 2.25. The van der Waals surface area contributed by atoms with Crippen molar-refractivity contribution < 1.29 is 9.72 Å². The summed E-state index contributed by atoms with van der Waals surface area (Å²) in [6.07, 6.45) is 2.91. The second-order valence-corrected chi connectivity index (χ2v) is 3.16. The van der Waals surface area contributed by atoms with Crippen LogP contribution in [0.2, 0.25) is 0 Å². The van der Waals surface area contributed by atoms with Crippen LogP contribution in [0.3, 0.4) is 0 Å². The lowest BCUT2D eigenvalue weighted by molar-refractivity contribution is -0.431. The fourth-order valence-electron chi connectivity index (χ4n) is 1.51. The monoisotopic (exact) mass is 196 g/mol. The summed E-state index contributed by atoms with van der Waals surface area (Å²) in [5.74, 6) is -0.696. The maximum atomic E-state index is 11.3. The first kappa shape index (κ1) is 8.67. The van der Waals surface area contributed by atoms with Gasteiger partial charge in [0.2, 0.25) is 0 Å². The van der Waals surface area contributed by atoms with Gasteiger partial charge in [-0.3, -0.25) is 4.99 Å². The second-order valence-electron chi connectivity index (χ2n) is 3.16. The van der Waals surface area contributed by atoms with Crippen molar-refractivity contribution in [3.05, 3.63) is 22.0 Å². The maximum absolute atomic E-state index is 11.3. The SMILES string of the molecule is CN1C=NC2C(=O)NC([N+](=O)[O-])=CC21. The Morgan fingerprint density at radius 3 is 3.07 bits per heavy atom. The average Bonchev–Trinajstić information content (AvgIpc) is 2.48. The van der Waals surface area contributed by atoms with Gasteiger partial charge in [0.15, 0.2) is 6.04 Å². The van der Waals surface area contributed by atoms with E-state index in [1.165, 1.54) is 12.4 Å². The van der Waals surface area contributed by atoms with E-state index in [0.717, 1.165) is 0 Å². The number of rotatable bonds is 1. The van der Waals surface area contributed by atoms with Crippen LogP contribution in [-0.2, 0) is 4.79 Å². The molecule has 2 aliphatic heterocycles. The molecule has 0 radical (unpaired) electrons. The van der Waals surface area contributed by atoms with Gasteiger partial charge in [0.25, 0.3) is 0 Å². The molecule has 0 saturated carbocycles. The van der Waals surface area contributed by atoms with E-state index in [1.807, 2.05) is 0 Å². The van der Waals surface area contributed by atoms with Gasteiger partial charge in [0.05, 0.1) is 12.4 Å². The first-order valence-corrected chi connectivity index (χ1v) is 4.02. The average molecular weight is 196 g/mol. The summed E-state index contributed by atoms with van der Waals surface area (Å²) >= 11 is 0. The topological polar surface area (TPSA) is 87.8 Å². The molecule has 1 amide bonds. The summed E-state index contributed by atoms with van der Waals surface area (Å²) in [5.41, 5.74) is 0. The zero-order chi connectivity index (χ0) is 10.3. The number of carbonyl (C=O) groups excluding carboxylic acids is 1. The van der Waals surface area contributed by atoms with Gasteiger partial charge < -0.3 is 15.0 Å². The van der Waals surface area contributed by atoms with Crippen molar-refractivity contribution >= 4 is 12.2 Å². The standard InChI is InChI=1S/C7H8N4O3/c1-10-3-8-6-4(10)2-5(11(13)14)9-7(6)12/h2-4,6H,1H3,(H,9,12). The van der Waals surface area contributed by atoms with Crippen molar-refractivity contribution in [2.24, 2.45) is 4.99 Å². The van der Waals surface area contributed by atoms with Crippen LogP contribution >= 0.6 is 0 Å². The Bertz CT molecular complexity index is 362. The summed E-state index contributed by atoms with van der Waals surface area (Å²) in [6.45, 7) is 0. The number of fused-ring (bicyclic) bond motifs is 1. The first-order valence-electron chi connectivity index (χ1n) is 4.02. The second kappa shape index (κ2) is 2.79. The molecule has 0 aromatic heterocycles. The summed E-state index contributed by atoms with van der Waals surface area (Å²) in [6, 6.07) is -0.882. The van der Waals surface area contributed by atoms with Crippen LogP contribution in [0.1, 0.15) is 0 Å². The van der Waals surface area contributed by atoms with E-state index < -0.39 is 16.9 Å². The number of carbonyl (C=O) groups is 1. The Morgan fingerprint density at radius 1 is 1.71 bits per heavy atom. The molecule has 14 heavy (non-hydrogen) atoms. The highest BCUT2D eigenvalue weighted by Gasteiger charge is 2.41. The third-order valence-corrected chi connectivity index (χ3v) is 2.25. The van der Waals surface area contributed by atoms with Gasteiger partial charge in [-0.15, -0.1) is 0 Å². The van der Waals surface area contributed by atoms with Crippen LogP contribution in [0.5, 0.6) is 0 Å². The van der Waals surface area contributed by atoms with E-state index in [-0.39, 0.29) is 11.9 Å². The van der Waals surface area contributed by atoms with Crippen molar-refractivity contribution in [3.8, 4) is 0 Å². The molecule has 2 atom stereocenters. The van der Waals surface area contributed by atoms with Gasteiger partial charge in [0, 0.05) is 13.1 Å². The van der Waals surface area contributed by atoms with Gasteiger partial charge in [0.1, 0.15) is 0 Å². The van der Waals surface area contributed by atoms with Crippen LogP contribution in [0.15, 0.2) is 16.9 Å². The van der Waals surface area contributed by atoms with E-state index in [9.17, 15) is 14.9 Å². The molecule has 2 rings (SSSR count). The predicted molar refractivity (Wildman–Crippen MR) is 47.1 cm³/mol. The van der Waals surface area contributed by atoms with Gasteiger partial charge >= 0.3 is 11.7 Å². The fraction of sp³-hybridized carbons (Fsp3) is 0.429. The lowest BCUT2D eigenvalue weighted by atomic mass is 10.1. The molecule has 0 aromatic rings.